The Kier molecular flexibility index (Phi) is 3.57. The molecule has 0 saturated heterocycles. The van der Waals surface area contributed by atoms with Crippen LogP contribution in [0.4, 0.5) is 5.69 Å². The van der Waals surface area contributed by atoms with Gasteiger partial charge in [0.1, 0.15) is 0 Å². The van der Waals surface area contributed by atoms with E-state index in [1.807, 2.05) is 19.1 Å². The fourth-order valence-corrected chi connectivity index (χ4v) is 3.73. The van der Waals surface area contributed by atoms with Crippen LogP contribution in [0.2, 0.25) is 0 Å². The first-order valence-electron chi connectivity index (χ1n) is 5.91. The fraction of sp³-hybridized carbons (Fsp3) is 0.214. The van der Waals surface area contributed by atoms with E-state index in [9.17, 15) is 8.42 Å². The van der Waals surface area contributed by atoms with E-state index >= 15 is 0 Å². The van der Waals surface area contributed by atoms with E-state index in [2.05, 4.69) is 9.71 Å². The van der Waals surface area contributed by atoms with Gasteiger partial charge in [-0.3, -0.25) is 9.71 Å². The fourth-order valence-electron chi connectivity index (χ4n) is 2.22. The number of nitrogens with one attached hydrogen (secondary N) is 1. The molecular weight excluding hydrogens is 260 g/mol. The van der Waals surface area contributed by atoms with Gasteiger partial charge in [-0.05, 0) is 44.0 Å². The number of aryl methyl sites for hydroxylation is 3. The summed E-state index contributed by atoms with van der Waals surface area (Å²) in [5.74, 6) is 0. The molecule has 0 unspecified atom stereocenters. The van der Waals surface area contributed by atoms with Gasteiger partial charge in [0.05, 0.1) is 10.6 Å². The number of benzene rings is 1. The number of nitrogens with zero attached hydrogens (tertiary/aromatic N) is 1. The topological polar surface area (TPSA) is 59.1 Å². The van der Waals surface area contributed by atoms with Crippen molar-refractivity contribution in [2.75, 3.05) is 4.72 Å². The van der Waals surface area contributed by atoms with E-state index in [-0.39, 0.29) is 0 Å². The van der Waals surface area contributed by atoms with Crippen LogP contribution in [-0.2, 0) is 10.0 Å². The molecule has 2 aromatic rings. The van der Waals surface area contributed by atoms with Crippen LogP contribution in [-0.4, -0.2) is 13.4 Å². The third-order valence-corrected chi connectivity index (χ3v) is 4.49. The molecular formula is C14H16N2O2S. The van der Waals surface area contributed by atoms with Crippen molar-refractivity contribution in [2.45, 2.75) is 25.7 Å². The third kappa shape index (κ3) is 2.93. The van der Waals surface area contributed by atoms with E-state index < -0.39 is 10.0 Å². The van der Waals surface area contributed by atoms with Gasteiger partial charge in [-0.2, -0.15) is 0 Å². The average molecular weight is 276 g/mol. The lowest BCUT2D eigenvalue weighted by atomic mass is 10.1. The molecule has 1 aromatic heterocycles. The highest BCUT2D eigenvalue weighted by molar-refractivity contribution is 7.92. The van der Waals surface area contributed by atoms with Crippen molar-refractivity contribution >= 4 is 15.7 Å². The number of hydrogen-bond donors (Lipinski definition) is 1. The molecule has 2 rings (SSSR count). The molecule has 0 aliphatic rings. The SMILES string of the molecule is Cc1cc(C)c(S(=O)(=O)Nc2ccncc2)c(C)c1. The molecule has 0 bridgehead atoms. The van der Waals surface area contributed by atoms with Gasteiger partial charge < -0.3 is 0 Å². The average Bonchev–Trinajstić information content (AvgIpc) is 2.27. The van der Waals surface area contributed by atoms with Crippen LogP contribution in [0.15, 0.2) is 41.6 Å². The number of pyridine rings is 1. The summed E-state index contributed by atoms with van der Waals surface area (Å²) in [5.41, 5.74) is 3.06. The zero-order valence-corrected chi connectivity index (χ0v) is 12.0. The van der Waals surface area contributed by atoms with Gasteiger partial charge in [0.15, 0.2) is 0 Å². The normalized spacial score (nSPS) is 11.3. The molecule has 19 heavy (non-hydrogen) atoms. The largest absolute Gasteiger partial charge is 0.280 e. The lowest BCUT2D eigenvalue weighted by Gasteiger charge is -2.13. The van der Waals surface area contributed by atoms with E-state index in [0.29, 0.717) is 10.6 Å². The van der Waals surface area contributed by atoms with Gasteiger partial charge in [-0.15, -0.1) is 0 Å². The van der Waals surface area contributed by atoms with Crippen LogP contribution in [0.1, 0.15) is 16.7 Å². The number of sulfonamides is 1. The number of aromatic nitrogens is 1. The Hall–Kier alpha value is -1.88. The summed E-state index contributed by atoms with van der Waals surface area (Å²) in [6.07, 6.45) is 3.10. The summed E-state index contributed by atoms with van der Waals surface area (Å²) in [6.45, 7) is 5.56. The standard InChI is InChI=1S/C14H16N2O2S/c1-10-8-11(2)14(12(3)9-10)19(17,18)16-13-4-6-15-7-5-13/h4-9H,1-3H3,(H,15,16). The van der Waals surface area contributed by atoms with E-state index in [1.165, 1.54) is 0 Å². The van der Waals surface area contributed by atoms with Crippen molar-refractivity contribution < 1.29 is 8.42 Å². The highest BCUT2D eigenvalue weighted by Crippen LogP contribution is 2.23. The molecule has 1 aromatic carbocycles. The predicted molar refractivity (Wildman–Crippen MR) is 75.7 cm³/mol. The highest BCUT2D eigenvalue weighted by atomic mass is 32.2. The summed E-state index contributed by atoms with van der Waals surface area (Å²) in [7, 11) is -3.57. The summed E-state index contributed by atoms with van der Waals surface area (Å²) >= 11 is 0. The molecule has 4 nitrogen and oxygen atoms in total. The Labute approximate surface area is 113 Å². The van der Waals surface area contributed by atoms with Crippen molar-refractivity contribution in [1.29, 1.82) is 0 Å². The molecule has 0 radical (unpaired) electrons. The Morgan fingerprint density at radius 2 is 1.53 bits per heavy atom. The second kappa shape index (κ2) is 5.01. The first-order valence-corrected chi connectivity index (χ1v) is 7.39. The minimum Gasteiger partial charge on any atom is -0.280 e. The molecule has 0 spiro atoms. The van der Waals surface area contributed by atoms with Gasteiger partial charge in [0.25, 0.3) is 10.0 Å². The van der Waals surface area contributed by atoms with Gasteiger partial charge >= 0.3 is 0 Å². The summed E-state index contributed by atoms with van der Waals surface area (Å²) in [4.78, 5) is 4.20. The first-order chi connectivity index (χ1) is 8.90. The Morgan fingerprint density at radius 1 is 1.00 bits per heavy atom. The van der Waals surface area contributed by atoms with Crippen LogP contribution in [0.25, 0.3) is 0 Å². The highest BCUT2D eigenvalue weighted by Gasteiger charge is 2.19. The number of rotatable bonds is 3. The molecule has 0 atom stereocenters. The van der Waals surface area contributed by atoms with Gasteiger partial charge in [-0.25, -0.2) is 8.42 Å². The van der Waals surface area contributed by atoms with Crippen LogP contribution in [0.3, 0.4) is 0 Å². The van der Waals surface area contributed by atoms with E-state index in [1.54, 1.807) is 38.4 Å². The monoisotopic (exact) mass is 276 g/mol. The lowest BCUT2D eigenvalue weighted by molar-refractivity contribution is 0.600. The third-order valence-electron chi connectivity index (χ3n) is 2.81. The zero-order valence-electron chi connectivity index (χ0n) is 11.1. The number of anilines is 1. The van der Waals surface area contributed by atoms with Gasteiger partial charge in [0.2, 0.25) is 0 Å². The van der Waals surface area contributed by atoms with Gasteiger partial charge in [0, 0.05) is 12.4 Å². The van der Waals surface area contributed by atoms with Gasteiger partial charge in [-0.1, -0.05) is 17.7 Å². The van der Waals surface area contributed by atoms with E-state index in [4.69, 9.17) is 0 Å². The summed E-state index contributed by atoms with van der Waals surface area (Å²) < 4.78 is 27.4. The molecule has 0 aliphatic heterocycles. The van der Waals surface area contributed by atoms with Crippen molar-refractivity contribution in [3.05, 3.63) is 53.3 Å². The molecule has 5 heteroatoms. The molecule has 100 valence electrons. The van der Waals surface area contributed by atoms with Crippen molar-refractivity contribution in [2.24, 2.45) is 0 Å². The molecule has 0 aliphatic carbocycles. The van der Waals surface area contributed by atoms with Crippen LogP contribution < -0.4 is 4.72 Å². The quantitative estimate of drug-likeness (QED) is 0.937. The predicted octanol–water partition coefficient (Wildman–Crippen LogP) is 2.81. The molecule has 0 saturated carbocycles. The van der Waals surface area contributed by atoms with E-state index in [0.717, 1.165) is 16.7 Å². The molecule has 0 fully saturated rings. The number of hydrogen-bond acceptors (Lipinski definition) is 3. The smallest absolute Gasteiger partial charge is 0.262 e. The maximum atomic E-state index is 12.4. The van der Waals surface area contributed by atoms with Crippen LogP contribution in [0, 0.1) is 20.8 Å². The minimum absolute atomic E-state index is 0.343. The Morgan fingerprint density at radius 3 is 2.05 bits per heavy atom. The van der Waals surface area contributed by atoms with Crippen molar-refractivity contribution in [3.63, 3.8) is 0 Å². The molecule has 0 amide bonds. The Balaban J connectivity index is 2.46. The molecule has 1 heterocycles. The second-order valence-corrected chi connectivity index (χ2v) is 6.19. The summed E-state index contributed by atoms with van der Waals surface area (Å²) in [6, 6.07) is 6.98. The zero-order chi connectivity index (χ0) is 14.0. The van der Waals surface area contributed by atoms with Crippen molar-refractivity contribution in [3.8, 4) is 0 Å². The first kappa shape index (κ1) is 13.5. The lowest BCUT2D eigenvalue weighted by Crippen LogP contribution is -2.15. The molecule has 1 N–H and O–H groups in total. The Bertz CT molecular complexity index is 672. The second-order valence-electron chi connectivity index (χ2n) is 4.57. The van der Waals surface area contributed by atoms with Crippen LogP contribution in [0.5, 0.6) is 0 Å². The summed E-state index contributed by atoms with van der Waals surface area (Å²) in [5, 5.41) is 0. The minimum atomic E-state index is -3.57. The maximum absolute atomic E-state index is 12.4. The van der Waals surface area contributed by atoms with Crippen LogP contribution >= 0.6 is 0 Å². The van der Waals surface area contributed by atoms with Crippen molar-refractivity contribution in [1.82, 2.24) is 4.98 Å². The maximum Gasteiger partial charge on any atom is 0.262 e.